The highest BCUT2D eigenvalue weighted by molar-refractivity contribution is 5.74. The summed E-state index contributed by atoms with van der Waals surface area (Å²) < 4.78 is 10.3. The Labute approximate surface area is 131 Å². The van der Waals surface area contributed by atoms with Crippen molar-refractivity contribution in [2.24, 2.45) is 0 Å². The van der Waals surface area contributed by atoms with Gasteiger partial charge in [-0.2, -0.15) is 0 Å². The molecule has 0 radical (unpaired) electrons. The van der Waals surface area contributed by atoms with Gasteiger partial charge >= 0.3 is 12.2 Å². The van der Waals surface area contributed by atoms with Gasteiger partial charge in [0.2, 0.25) is 0 Å². The van der Waals surface area contributed by atoms with Crippen LogP contribution >= 0.6 is 0 Å². The summed E-state index contributed by atoms with van der Waals surface area (Å²) in [5.74, 6) is 0. The van der Waals surface area contributed by atoms with E-state index in [1.54, 1.807) is 20.8 Å². The highest BCUT2D eigenvalue weighted by Crippen LogP contribution is 2.07. The van der Waals surface area contributed by atoms with Crippen LogP contribution in [0, 0.1) is 0 Å². The van der Waals surface area contributed by atoms with E-state index in [1.165, 1.54) is 0 Å². The topological polar surface area (TPSA) is 67.9 Å². The molecule has 0 heterocycles. The molecule has 0 aliphatic heterocycles. The molecule has 2 amide bonds. The van der Waals surface area contributed by atoms with Crippen LogP contribution in [0.3, 0.4) is 0 Å². The summed E-state index contributed by atoms with van der Waals surface area (Å²) in [5.41, 5.74) is 2.66. The number of nitrogens with zero attached hydrogens (tertiary/aromatic N) is 1. The first kappa shape index (κ1) is 17.8. The molecule has 0 saturated carbocycles. The molecule has 0 spiro atoms. The number of carbonyl (C=O) groups is 2. The lowest BCUT2D eigenvalue weighted by atomic mass is 10.2. The van der Waals surface area contributed by atoms with Crippen LogP contribution < -0.4 is 5.43 Å². The Bertz CT molecular complexity index is 483. The maximum atomic E-state index is 12.0. The predicted octanol–water partition coefficient (Wildman–Crippen LogP) is 3.47. The Balaban J connectivity index is 2.54. The number of hydrogen-bond acceptors (Lipinski definition) is 4. The Kier molecular flexibility index (Phi) is 6.69. The van der Waals surface area contributed by atoms with E-state index in [-0.39, 0.29) is 6.61 Å². The van der Waals surface area contributed by atoms with Gasteiger partial charge in [-0.1, -0.05) is 37.3 Å². The van der Waals surface area contributed by atoms with Gasteiger partial charge in [-0.05, 0) is 32.8 Å². The van der Waals surface area contributed by atoms with Crippen LogP contribution in [0.25, 0.3) is 0 Å². The molecule has 122 valence electrons. The molecule has 6 nitrogen and oxygen atoms in total. The van der Waals surface area contributed by atoms with Crippen molar-refractivity contribution in [3.8, 4) is 0 Å². The lowest BCUT2D eigenvalue weighted by molar-refractivity contribution is 0.0269. The molecule has 1 aromatic rings. The van der Waals surface area contributed by atoms with E-state index < -0.39 is 17.8 Å². The monoisotopic (exact) mass is 308 g/mol. The maximum absolute atomic E-state index is 12.0. The summed E-state index contributed by atoms with van der Waals surface area (Å²) in [6, 6.07) is 9.34. The third kappa shape index (κ3) is 6.97. The standard InChI is InChI=1S/C16H24N2O4/c1-5-11-18(17-14(19)22-16(2,3)4)15(20)21-12-13-9-7-6-8-10-13/h6-10H,5,11-12H2,1-4H3,(H,17,19). The van der Waals surface area contributed by atoms with Crippen LogP contribution in [0.4, 0.5) is 9.59 Å². The zero-order valence-electron chi connectivity index (χ0n) is 13.6. The molecule has 0 bridgehead atoms. The number of amides is 2. The molecule has 0 aromatic heterocycles. The van der Waals surface area contributed by atoms with Crippen molar-refractivity contribution in [1.82, 2.24) is 10.4 Å². The van der Waals surface area contributed by atoms with Gasteiger partial charge < -0.3 is 9.47 Å². The number of benzene rings is 1. The molecule has 1 N–H and O–H groups in total. The van der Waals surface area contributed by atoms with Crippen LogP contribution in [-0.2, 0) is 16.1 Å². The van der Waals surface area contributed by atoms with Crippen LogP contribution in [0.15, 0.2) is 30.3 Å². The molecule has 1 aromatic carbocycles. The number of nitrogens with one attached hydrogen (secondary N) is 1. The van der Waals surface area contributed by atoms with Crippen molar-refractivity contribution in [2.75, 3.05) is 6.54 Å². The van der Waals surface area contributed by atoms with Crippen LogP contribution in [0.5, 0.6) is 0 Å². The van der Waals surface area contributed by atoms with Gasteiger partial charge in [0.05, 0.1) is 0 Å². The van der Waals surface area contributed by atoms with Gasteiger partial charge in [-0.3, -0.25) is 0 Å². The van der Waals surface area contributed by atoms with Crippen molar-refractivity contribution in [3.63, 3.8) is 0 Å². The highest BCUT2D eigenvalue weighted by atomic mass is 16.6. The minimum Gasteiger partial charge on any atom is -0.443 e. The van der Waals surface area contributed by atoms with E-state index in [0.717, 1.165) is 10.6 Å². The fraction of sp³-hybridized carbons (Fsp3) is 0.500. The minimum atomic E-state index is -0.683. The molecule has 0 atom stereocenters. The van der Waals surface area contributed by atoms with Gasteiger partial charge in [0.1, 0.15) is 12.2 Å². The summed E-state index contributed by atoms with van der Waals surface area (Å²) in [5, 5.41) is 1.12. The fourth-order valence-corrected chi connectivity index (χ4v) is 1.62. The second kappa shape index (κ2) is 8.26. The Morgan fingerprint density at radius 3 is 2.36 bits per heavy atom. The first-order valence-corrected chi connectivity index (χ1v) is 7.29. The molecule has 1 rings (SSSR count). The first-order chi connectivity index (χ1) is 10.3. The summed E-state index contributed by atoms with van der Waals surface area (Å²) in [6.45, 7) is 7.65. The molecular formula is C16H24N2O4. The molecule has 6 heteroatoms. The van der Waals surface area contributed by atoms with Gasteiger partial charge in [0.15, 0.2) is 0 Å². The third-order valence-electron chi connectivity index (χ3n) is 2.50. The van der Waals surface area contributed by atoms with Crippen molar-refractivity contribution in [1.29, 1.82) is 0 Å². The summed E-state index contributed by atoms with van der Waals surface area (Å²) in [4.78, 5) is 23.8. The van der Waals surface area contributed by atoms with Crippen LogP contribution in [-0.4, -0.2) is 29.3 Å². The fourth-order valence-electron chi connectivity index (χ4n) is 1.62. The maximum Gasteiger partial charge on any atom is 0.429 e. The summed E-state index contributed by atoms with van der Waals surface area (Å²) >= 11 is 0. The summed E-state index contributed by atoms with van der Waals surface area (Å²) in [6.07, 6.45) is -0.620. The second-order valence-electron chi connectivity index (χ2n) is 5.81. The smallest absolute Gasteiger partial charge is 0.429 e. The molecule has 0 unspecified atom stereocenters. The lowest BCUT2D eigenvalue weighted by Crippen LogP contribution is -2.48. The Hall–Kier alpha value is -2.24. The van der Waals surface area contributed by atoms with Crippen molar-refractivity contribution >= 4 is 12.2 Å². The zero-order valence-corrected chi connectivity index (χ0v) is 13.6. The summed E-state index contributed by atoms with van der Waals surface area (Å²) in [7, 11) is 0. The number of carbonyl (C=O) groups excluding carboxylic acids is 2. The minimum absolute atomic E-state index is 0.149. The zero-order chi connectivity index (χ0) is 16.6. The first-order valence-electron chi connectivity index (χ1n) is 7.29. The quantitative estimate of drug-likeness (QED) is 0.865. The molecule has 0 fully saturated rings. The van der Waals surface area contributed by atoms with E-state index in [2.05, 4.69) is 5.43 Å². The van der Waals surface area contributed by atoms with Crippen molar-refractivity contribution in [3.05, 3.63) is 35.9 Å². The van der Waals surface area contributed by atoms with Gasteiger partial charge in [-0.25, -0.2) is 20.0 Å². The van der Waals surface area contributed by atoms with Crippen LogP contribution in [0.2, 0.25) is 0 Å². The lowest BCUT2D eigenvalue weighted by Gasteiger charge is -2.25. The number of hydrogen-bond donors (Lipinski definition) is 1. The number of hydrazine groups is 1. The van der Waals surface area contributed by atoms with Crippen LogP contribution in [0.1, 0.15) is 39.7 Å². The Morgan fingerprint density at radius 1 is 1.18 bits per heavy atom. The predicted molar refractivity (Wildman–Crippen MR) is 83.0 cm³/mol. The molecular weight excluding hydrogens is 284 g/mol. The SMILES string of the molecule is CCCN(NC(=O)OC(C)(C)C)C(=O)OCc1ccccc1. The van der Waals surface area contributed by atoms with Gasteiger partial charge in [0, 0.05) is 6.54 Å². The highest BCUT2D eigenvalue weighted by Gasteiger charge is 2.21. The van der Waals surface area contributed by atoms with E-state index in [1.807, 2.05) is 37.3 Å². The van der Waals surface area contributed by atoms with E-state index in [9.17, 15) is 9.59 Å². The van der Waals surface area contributed by atoms with Crippen molar-refractivity contribution in [2.45, 2.75) is 46.3 Å². The molecule has 0 aliphatic carbocycles. The van der Waals surface area contributed by atoms with Gasteiger partial charge in [0.25, 0.3) is 0 Å². The average molecular weight is 308 g/mol. The van der Waals surface area contributed by atoms with Gasteiger partial charge in [-0.15, -0.1) is 0 Å². The third-order valence-corrected chi connectivity index (χ3v) is 2.50. The van der Waals surface area contributed by atoms with E-state index in [0.29, 0.717) is 13.0 Å². The molecule has 0 aliphatic rings. The molecule has 0 saturated heterocycles. The number of ether oxygens (including phenoxy) is 2. The normalized spacial score (nSPS) is 10.7. The van der Waals surface area contributed by atoms with Crippen molar-refractivity contribution < 1.29 is 19.1 Å². The molecule has 22 heavy (non-hydrogen) atoms. The second-order valence-corrected chi connectivity index (χ2v) is 5.81. The Morgan fingerprint density at radius 2 is 1.82 bits per heavy atom. The number of rotatable bonds is 4. The average Bonchev–Trinajstić information content (AvgIpc) is 2.43. The van der Waals surface area contributed by atoms with E-state index >= 15 is 0 Å². The largest absolute Gasteiger partial charge is 0.443 e. The van der Waals surface area contributed by atoms with E-state index in [4.69, 9.17) is 9.47 Å².